The zero-order valence-corrected chi connectivity index (χ0v) is 23.6. The molecule has 2 aliphatic heterocycles. The third-order valence-electron chi connectivity index (χ3n) is 8.12. The summed E-state index contributed by atoms with van der Waals surface area (Å²) in [7, 11) is 0. The molecule has 1 N–H and O–H groups in total. The molecule has 1 amide bonds. The van der Waals surface area contributed by atoms with Gasteiger partial charge in [0, 0.05) is 36.9 Å². The summed E-state index contributed by atoms with van der Waals surface area (Å²) in [6.07, 6.45) is 7.11. The first-order chi connectivity index (χ1) is 19.8. The summed E-state index contributed by atoms with van der Waals surface area (Å²) in [5.74, 6) is -0.0691. The predicted octanol–water partition coefficient (Wildman–Crippen LogP) is 5.50. The van der Waals surface area contributed by atoms with E-state index in [4.69, 9.17) is 0 Å². The second-order valence-corrected chi connectivity index (χ2v) is 11.2. The maximum absolute atomic E-state index is 15.0. The van der Waals surface area contributed by atoms with Crippen LogP contribution >= 0.6 is 0 Å². The molecule has 11 heteroatoms. The normalized spacial score (nSPS) is 16.7. The van der Waals surface area contributed by atoms with Gasteiger partial charge in [0.25, 0.3) is 5.91 Å². The lowest BCUT2D eigenvalue weighted by Crippen LogP contribution is -2.45. The van der Waals surface area contributed by atoms with Gasteiger partial charge in [-0.3, -0.25) is 4.79 Å². The zero-order chi connectivity index (χ0) is 28.7. The van der Waals surface area contributed by atoms with Crippen molar-refractivity contribution in [3.63, 3.8) is 0 Å². The molecule has 5 heterocycles. The quantitative estimate of drug-likeness (QED) is 0.333. The molecule has 3 aromatic heterocycles. The van der Waals surface area contributed by atoms with Crippen molar-refractivity contribution in [3.8, 4) is 11.3 Å². The van der Waals surface area contributed by atoms with E-state index in [2.05, 4.69) is 30.2 Å². The van der Waals surface area contributed by atoms with Gasteiger partial charge < -0.3 is 19.7 Å². The van der Waals surface area contributed by atoms with Crippen LogP contribution in [0.4, 0.5) is 20.5 Å². The van der Waals surface area contributed by atoms with Crippen molar-refractivity contribution in [1.29, 1.82) is 0 Å². The molecule has 2 saturated heterocycles. The molecule has 41 heavy (non-hydrogen) atoms. The number of fused-ring (bicyclic) bond motifs is 1. The molecule has 0 aliphatic carbocycles. The predicted molar refractivity (Wildman–Crippen MR) is 153 cm³/mol. The molecule has 0 bridgehead atoms. The number of carbonyl (C=O) groups excluding carboxylic acids is 1. The van der Waals surface area contributed by atoms with Gasteiger partial charge in [0.1, 0.15) is 22.9 Å². The number of carbonyl (C=O) groups is 1. The lowest BCUT2D eigenvalue weighted by molar-refractivity contribution is 0.0644. The molecule has 214 valence electrons. The number of aromatic nitrogens is 5. The van der Waals surface area contributed by atoms with Crippen molar-refractivity contribution in [2.24, 2.45) is 0 Å². The molecule has 2 aliphatic rings. The number of likely N-dealkylation sites (tertiary alicyclic amines) is 2. The molecule has 0 radical (unpaired) electrons. The Balaban J connectivity index is 1.17. The number of benzene rings is 1. The largest absolute Gasteiger partial charge is 0.338 e. The average Bonchev–Trinajstić information content (AvgIpc) is 3.62. The summed E-state index contributed by atoms with van der Waals surface area (Å²) < 4.78 is 31.8. The fourth-order valence-corrected chi connectivity index (χ4v) is 6.12. The summed E-state index contributed by atoms with van der Waals surface area (Å²) in [5.41, 5.74) is 1.56. The first-order valence-corrected chi connectivity index (χ1v) is 14.3. The highest BCUT2D eigenvalue weighted by atomic mass is 19.1. The third kappa shape index (κ3) is 5.38. The first-order valence-electron chi connectivity index (χ1n) is 14.3. The minimum atomic E-state index is -0.677. The fourth-order valence-electron chi connectivity index (χ4n) is 6.12. The minimum absolute atomic E-state index is 0.0301. The smallest absolute Gasteiger partial charge is 0.255 e. The lowest BCUT2D eigenvalue weighted by Gasteiger charge is -2.36. The second kappa shape index (κ2) is 11.1. The van der Waals surface area contributed by atoms with Crippen molar-refractivity contribution in [3.05, 3.63) is 59.7 Å². The monoisotopic (exact) mass is 560 g/mol. The van der Waals surface area contributed by atoms with Crippen molar-refractivity contribution >= 4 is 28.7 Å². The first kappa shape index (κ1) is 27.2. The molecule has 6 rings (SSSR count). The van der Waals surface area contributed by atoms with Crippen molar-refractivity contribution in [2.75, 3.05) is 31.5 Å². The van der Waals surface area contributed by atoms with Gasteiger partial charge in [-0.05, 0) is 83.8 Å². The van der Waals surface area contributed by atoms with Crippen LogP contribution in [0.3, 0.4) is 0 Å². The van der Waals surface area contributed by atoms with Crippen LogP contribution in [0.1, 0.15) is 61.8 Å². The Hall–Kier alpha value is -3.99. The van der Waals surface area contributed by atoms with E-state index < -0.39 is 11.6 Å². The van der Waals surface area contributed by atoms with Gasteiger partial charge in [-0.25, -0.2) is 28.7 Å². The molecule has 0 saturated carbocycles. The highest BCUT2D eigenvalue weighted by Crippen LogP contribution is 2.30. The van der Waals surface area contributed by atoms with E-state index >= 15 is 0 Å². The van der Waals surface area contributed by atoms with E-state index in [0.29, 0.717) is 28.8 Å². The van der Waals surface area contributed by atoms with Gasteiger partial charge >= 0.3 is 0 Å². The van der Waals surface area contributed by atoms with E-state index in [1.807, 2.05) is 30.2 Å². The van der Waals surface area contributed by atoms with Gasteiger partial charge in [0.2, 0.25) is 5.95 Å². The molecular formula is C30H34F2N8O. The lowest BCUT2D eigenvalue weighted by atomic mass is 10.0. The van der Waals surface area contributed by atoms with Gasteiger partial charge in [-0.15, -0.1) is 0 Å². The number of rotatable bonds is 6. The molecular weight excluding hydrogens is 526 g/mol. The Morgan fingerprint density at radius 3 is 2.41 bits per heavy atom. The van der Waals surface area contributed by atoms with Crippen molar-refractivity contribution in [1.82, 2.24) is 34.3 Å². The molecule has 0 atom stereocenters. The van der Waals surface area contributed by atoms with Crippen molar-refractivity contribution in [2.45, 2.75) is 58.5 Å². The van der Waals surface area contributed by atoms with Crippen LogP contribution in [0.5, 0.6) is 0 Å². The topological polar surface area (TPSA) is 92.1 Å². The number of amides is 1. The average molecular weight is 561 g/mol. The number of hydrogen-bond donors (Lipinski definition) is 1. The van der Waals surface area contributed by atoms with Crippen LogP contribution in [0, 0.1) is 18.6 Å². The SMILES string of the molecule is Cc1nc2c(F)cc(-c3nc(Nc4ccc(C(=O)N5CCC(N6CCCC6)CC5)cn4)ncc3F)cc2n1C(C)C. The third-order valence-corrected chi connectivity index (χ3v) is 8.12. The number of halogens is 2. The van der Waals surface area contributed by atoms with Crippen LogP contribution < -0.4 is 5.32 Å². The Labute approximate surface area is 237 Å². The highest BCUT2D eigenvalue weighted by Gasteiger charge is 2.29. The number of hydrogen-bond acceptors (Lipinski definition) is 7. The Morgan fingerprint density at radius 1 is 0.976 bits per heavy atom. The van der Waals surface area contributed by atoms with Gasteiger partial charge in [-0.1, -0.05) is 0 Å². The van der Waals surface area contributed by atoms with E-state index in [9.17, 15) is 13.6 Å². The van der Waals surface area contributed by atoms with Gasteiger partial charge in [-0.2, -0.15) is 0 Å². The van der Waals surface area contributed by atoms with E-state index in [1.54, 1.807) is 18.2 Å². The van der Waals surface area contributed by atoms with Crippen LogP contribution in [-0.2, 0) is 0 Å². The van der Waals surface area contributed by atoms with E-state index in [1.165, 1.54) is 38.2 Å². The van der Waals surface area contributed by atoms with Gasteiger partial charge in [0.15, 0.2) is 11.6 Å². The standard InChI is InChI=1S/C30H34F2N8O/c1-18(2)40-19(3)35-28-23(31)14-21(15-25(28)40)27-24(32)17-34-30(37-27)36-26-7-6-20(16-33-26)29(41)39-12-8-22(9-13-39)38-10-4-5-11-38/h6-7,14-18,22H,4-5,8-13H2,1-3H3,(H,33,34,36,37). The summed E-state index contributed by atoms with van der Waals surface area (Å²) in [4.78, 5) is 34.6. The fraction of sp³-hybridized carbons (Fsp3) is 0.433. The molecule has 0 unspecified atom stereocenters. The van der Waals surface area contributed by atoms with Crippen LogP contribution in [0.15, 0.2) is 36.7 Å². The number of pyridine rings is 1. The molecule has 9 nitrogen and oxygen atoms in total. The summed E-state index contributed by atoms with van der Waals surface area (Å²) in [5, 5.41) is 2.97. The Bertz CT molecular complexity index is 1570. The molecule has 4 aromatic rings. The summed E-state index contributed by atoms with van der Waals surface area (Å²) in [6, 6.07) is 6.94. The number of piperidine rings is 1. The van der Waals surface area contributed by atoms with Crippen molar-refractivity contribution < 1.29 is 13.6 Å². The number of nitrogens with one attached hydrogen (secondary N) is 1. The summed E-state index contributed by atoms with van der Waals surface area (Å²) >= 11 is 0. The van der Waals surface area contributed by atoms with Crippen LogP contribution in [0.25, 0.3) is 22.3 Å². The van der Waals surface area contributed by atoms with Crippen LogP contribution in [0.2, 0.25) is 0 Å². The molecule has 0 spiro atoms. The summed E-state index contributed by atoms with van der Waals surface area (Å²) in [6.45, 7) is 9.62. The van der Waals surface area contributed by atoms with E-state index in [-0.39, 0.29) is 34.7 Å². The molecule has 1 aromatic carbocycles. The number of aryl methyl sites for hydroxylation is 1. The minimum Gasteiger partial charge on any atom is -0.338 e. The molecule has 2 fully saturated rings. The van der Waals surface area contributed by atoms with Crippen LogP contribution in [-0.4, -0.2) is 72.4 Å². The highest BCUT2D eigenvalue weighted by molar-refractivity contribution is 5.94. The Morgan fingerprint density at radius 2 is 1.73 bits per heavy atom. The number of imidazole rings is 1. The second-order valence-electron chi connectivity index (χ2n) is 11.2. The number of anilines is 2. The maximum Gasteiger partial charge on any atom is 0.255 e. The van der Waals surface area contributed by atoms with E-state index in [0.717, 1.165) is 32.1 Å². The van der Waals surface area contributed by atoms with Gasteiger partial charge in [0.05, 0.1) is 17.3 Å². The zero-order valence-electron chi connectivity index (χ0n) is 23.6. The number of nitrogens with zero attached hydrogens (tertiary/aromatic N) is 7. The Kier molecular flexibility index (Phi) is 7.37. The maximum atomic E-state index is 15.0.